The van der Waals surface area contributed by atoms with Crippen LogP contribution < -0.4 is 10.2 Å². The summed E-state index contributed by atoms with van der Waals surface area (Å²) >= 11 is 0. The van der Waals surface area contributed by atoms with E-state index in [1.54, 1.807) is 6.33 Å². The van der Waals surface area contributed by atoms with Gasteiger partial charge in [-0.1, -0.05) is 12.1 Å². The summed E-state index contributed by atoms with van der Waals surface area (Å²) in [7, 11) is 0. The molecule has 2 aliphatic heterocycles. The third kappa shape index (κ3) is 1.42. The number of rotatable bonds is 1. The van der Waals surface area contributed by atoms with Crippen LogP contribution in [0.4, 0.5) is 5.82 Å². The van der Waals surface area contributed by atoms with E-state index in [1.165, 1.54) is 11.1 Å². The lowest BCUT2D eigenvalue weighted by Crippen LogP contribution is -2.27. The molecule has 1 N–H and O–H groups in total. The van der Waals surface area contributed by atoms with Crippen LogP contribution in [0.1, 0.15) is 0 Å². The summed E-state index contributed by atoms with van der Waals surface area (Å²) in [6.07, 6.45) is 1.67. The summed E-state index contributed by atoms with van der Waals surface area (Å²) in [6, 6.07) is 8.21. The maximum Gasteiger partial charge on any atom is 0.140 e. The predicted molar refractivity (Wildman–Crippen MR) is 71.6 cm³/mol. The van der Waals surface area contributed by atoms with Gasteiger partial charge in [0, 0.05) is 31.6 Å². The highest BCUT2D eigenvalue weighted by molar-refractivity contribution is 5.89. The predicted octanol–water partition coefficient (Wildman–Crippen LogP) is 1.35. The first-order chi connectivity index (χ1) is 8.92. The number of aromatic nitrogens is 2. The standard InChI is InChI=1S/C14H14N4/c1-2-4-13-12(3-1)14(17-9-16-13)18-7-10-5-15-6-11(10)8-18/h1-4,9,15H,5-8H2. The zero-order valence-corrected chi connectivity index (χ0v) is 10.1. The van der Waals surface area contributed by atoms with Gasteiger partial charge < -0.3 is 10.2 Å². The third-order valence-electron chi connectivity index (χ3n) is 3.76. The fourth-order valence-electron chi connectivity index (χ4n) is 2.86. The van der Waals surface area contributed by atoms with Gasteiger partial charge in [0.25, 0.3) is 0 Å². The van der Waals surface area contributed by atoms with E-state index in [2.05, 4.69) is 26.3 Å². The summed E-state index contributed by atoms with van der Waals surface area (Å²) in [4.78, 5) is 11.2. The Morgan fingerprint density at radius 2 is 1.78 bits per heavy atom. The number of hydrogen-bond donors (Lipinski definition) is 1. The van der Waals surface area contributed by atoms with Crippen LogP contribution in [0.15, 0.2) is 41.7 Å². The van der Waals surface area contributed by atoms with Crippen molar-refractivity contribution in [1.82, 2.24) is 15.3 Å². The second-order valence-electron chi connectivity index (χ2n) is 4.88. The molecular formula is C14H14N4. The maximum atomic E-state index is 4.48. The topological polar surface area (TPSA) is 41.0 Å². The SMILES string of the molecule is c1ccc2c(N3CC4=C(CNC4)C3)ncnc2c1. The van der Waals surface area contributed by atoms with Crippen LogP contribution in [0, 0.1) is 0 Å². The normalized spacial score (nSPS) is 18.8. The fourth-order valence-corrected chi connectivity index (χ4v) is 2.86. The van der Waals surface area contributed by atoms with Crippen LogP contribution in [0.25, 0.3) is 10.9 Å². The molecule has 1 aromatic carbocycles. The maximum absolute atomic E-state index is 4.48. The Labute approximate surface area is 105 Å². The van der Waals surface area contributed by atoms with Gasteiger partial charge in [0.15, 0.2) is 0 Å². The minimum Gasteiger partial charge on any atom is -0.348 e. The molecule has 0 unspecified atom stereocenters. The molecule has 18 heavy (non-hydrogen) atoms. The molecule has 4 rings (SSSR count). The van der Waals surface area contributed by atoms with Crippen LogP contribution >= 0.6 is 0 Å². The minimum atomic E-state index is 1.00. The Hall–Kier alpha value is -1.94. The van der Waals surface area contributed by atoms with E-state index < -0.39 is 0 Å². The van der Waals surface area contributed by atoms with Gasteiger partial charge in [0.05, 0.1) is 5.52 Å². The zero-order chi connectivity index (χ0) is 11.9. The lowest BCUT2D eigenvalue weighted by Gasteiger charge is -2.20. The number of para-hydroxylation sites is 1. The largest absolute Gasteiger partial charge is 0.348 e. The highest BCUT2D eigenvalue weighted by Crippen LogP contribution is 2.29. The third-order valence-corrected chi connectivity index (χ3v) is 3.76. The summed E-state index contributed by atoms with van der Waals surface area (Å²) in [5.74, 6) is 1.06. The Morgan fingerprint density at radius 3 is 2.61 bits per heavy atom. The van der Waals surface area contributed by atoms with Crippen LogP contribution in [-0.4, -0.2) is 36.1 Å². The van der Waals surface area contributed by atoms with Crippen molar-refractivity contribution in [3.63, 3.8) is 0 Å². The van der Waals surface area contributed by atoms with E-state index in [-0.39, 0.29) is 0 Å². The molecule has 0 spiro atoms. The molecule has 4 heteroatoms. The molecule has 0 atom stereocenters. The van der Waals surface area contributed by atoms with Crippen molar-refractivity contribution >= 4 is 16.7 Å². The molecular weight excluding hydrogens is 224 g/mol. The molecule has 0 saturated heterocycles. The van der Waals surface area contributed by atoms with E-state index in [0.29, 0.717) is 0 Å². The number of nitrogens with one attached hydrogen (secondary N) is 1. The van der Waals surface area contributed by atoms with Gasteiger partial charge in [-0.2, -0.15) is 0 Å². The van der Waals surface area contributed by atoms with Crippen molar-refractivity contribution in [2.45, 2.75) is 0 Å². The Morgan fingerprint density at radius 1 is 1.00 bits per heavy atom. The smallest absolute Gasteiger partial charge is 0.140 e. The van der Waals surface area contributed by atoms with Crippen LogP contribution in [-0.2, 0) is 0 Å². The average molecular weight is 238 g/mol. The zero-order valence-electron chi connectivity index (χ0n) is 10.1. The van der Waals surface area contributed by atoms with Crippen molar-refractivity contribution in [3.05, 3.63) is 41.7 Å². The molecule has 4 nitrogen and oxygen atoms in total. The summed E-state index contributed by atoms with van der Waals surface area (Å²) in [5.41, 5.74) is 4.10. The second-order valence-corrected chi connectivity index (χ2v) is 4.88. The first kappa shape index (κ1) is 10.0. The molecule has 0 saturated carbocycles. The van der Waals surface area contributed by atoms with Crippen LogP contribution in [0.2, 0.25) is 0 Å². The Kier molecular flexibility index (Phi) is 2.11. The van der Waals surface area contributed by atoms with Gasteiger partial charge in [0.1, 0.15) is 12.1 Å². The van der Waals surface area contributed by atoms with Crippen molar-refractivity contribution in [2.75, 3.05) is 31.1 Å². The summed E-state index contributed by atoms with van der Waals surface area (Å²) in [5, 5.41) is 4.55. The Bertz CT molecular complexity index is 626. The molecule has 0 aliphatic carbocycles. The van der Waals surface area contributed by atoms with E-state index >= 15 is 0 Å². The van der Waals surface area contributed by atoms with Crippen LogP contribution in [0.3, 0.4) is 0 Å². The van der Waals surface area contributed by atoms with Gasteiger partial charge >= 0.3 is 0 Å². The number of benzene rings is 1. The average Bonchev–Trinajstić information content (AvgIpc) is 2.99. The lowest BCUT2D eigenvalue weighted by molar-refractivity contribution is 0.800. The number of hydrogen-bond acceptors (Lipinski definition) is 4. The first-order valence-electron chi connectivity index (χ1n) is 6.27. The Balaban J connectivity index is 1.76. The molecule has 0 bridgehead atoms. The van der Waals surface area contributed by atoms with Gasteiger partial charge in [-0.25, -0.2) is 9.97 Å². The van der Waals surface area contributed by atoms with Gasteiger partial charge in [0.2, 0.25) is 0 Å². The summed E-state index contributed by atoms with van der Waals surface area (Å²) < 4.78 is 0. The molecule has 0 fully saturated rings. The quantitative estimate of drug-likeness (QED) is 0.761. The number of fused-ring (bicyclic) bond motifs is 1. The van der Waals surface area contributed by atoms with E-state index in [0.717, 1.165) is 42.9 Å². The van der Waals surface area contributed by atoms with Gasteiger partial charge in [-0.05, 0) is 23.3 Å². The lowest BCUT2D eigenvalue weighted by atomic mass is 10.2. The van der Waals surface area contributed by atoms with E-state index in [1.807, 2.05) is 18.2 Å². The molecule has 0 radical (unpaired) electrons. The molecule has 1 aromatic heterocycles. The summed E-state index contributed by atoms with van der Waals surface area (Å²) in [6.45, 7) is 4.08. The number of anilines is 1. The highest BCUT2D eigenvalue weighted by Gasteiger charge is 2.26. The molecule has 90 valence electrons. The van der Waals surface area contributed by atoms with Gasteiger partial charge in [-0.3, -0.25) is 0 Å². The minimum absolute atomic E-state index is 1.00. The van der Waals surface area contributed by atoms with Crippen molar-refractivity contribution < 1.29 is 0 Å². The highest BCUT2D eigenvalue weighted by atomic mass is 15.2. The van der Waals surface area contributed by atoms with E-state index in [9.17, 15) is 0 Å². The molecule has 2 aliphatic rings. The second kappa shape index (κ2) is 3.78. The van der Waals surface area contributed by atoms with Crippen molar-refractivity contribution in [2.24, 2.45) is 0 Å². The fraction of sp³-hybridized carbons (Fsp3) is 0.286. The van der Waals surface area contributed by atoms with Crippen molar-refractivity contribution in [1.29, 1.82) is 0 Å². The van der Waals surface area contributed by atoms with Gasteiger partial charge in [-0.15, -0.1) is 0 Å². The van der Waals surface area contributed by atoms with Crippen molar-refractivity contribution in [3.8, 4) is 0 Å². The van der Waals surface area contributed by atoms with E-state index in [4.69, 9.17) is 0 Å². The molecule has 3 heterocycles. The number of nitrogens with zero attached hydrogens (tertiary/aromatic N) is 3. The molecule has 0 amide bonds. The molecule has 2 aromatic rings. The monoisotopic (exact) mass is 238 g/mol. The first-order valence-corrected chi connectivity index (χ1v) is 6.27. The van der Waals surface area contributed by atoms with Crippen LogP contribution in [0.5, 0.6) is 0 Å².